The summed E-state index contributed by atoms with van der Waals surface area (Å²) in [6.45, 7) is 13.7. The fraction of sp³-hybridized carbons (Fsp3) is 0.200. The zero-order chi connectivity index (χ0) is 27.6. The van der Waals surface area contributed by atoms with Crippen molar-refractivity contribution in [1.82, 2.24) is 9.97 Å². The van der Waals surface area contributed by atoms with E-state index in [1.165, 1.54) is 31.3 Å². The molecule has 40 heavy (non-hydrogen) atoms. The fourth-order valence-corrected chi connectivity index (χ4v) is 7.62. The Morgan fingerprint density at radius 3 is 2.17 bits per heavy atom. The molecule has 6 rings (SSSR count). The summed E-state index contributed by atoms with van der Waals surface area (Å²) in [4.78, 5) is 9.06. The van der Waals surface area contributed by atoms with E-state index in [0.717, 1.165) is 22.5 Å². The van der Waals surface area contributed by atoms with Crippen LogP contribution in [0.15, 0.2) is 91.3 Å². The predicted molar refractivity (Wildman–Crippen MR) is 172 cm³/mol. The van der Waals surface area contributed by atoms with Crippen LogP contribution in [0, 0.1) is 19.1 Å². The van der Waals surface area contributed by atoms with E-state index in [0.29, 0.717) is 5.92 Å². The van der Waals surface area contributed by atoms with Crippen molar-refractivity contribution in [2.75, 3.05) is 0 Å². The third-order valence-electron chi connectivity index (χ3n) is 6.87. The van der Waals surface area contributed by atoms with Crippen molar-refractivity contribution >= 4 is 44.8 Å². The smallest absolute Gasteiger partial charge is 0.0783 e. The van der Waals surface area contributed by atoms with Gasteiger partial charge in [0, 0.05) is 37.2 Å². The second-order valence-electron chi connectivity index (χ2n) is 11.3. The quantitative estimate of drug-likeness (QED) is 0.133. The molecule has 0 aliphatic heterocycles. The number of benzene rings is 3. The van der Waals surface area contributed by atoms with Crippen molar-refractivity contribution in [3.8, 4) is 22.5 Å². The van der Waals surface area contributed by atoms with Gasteiger partial charge in [0.2, 0.25) is 0 Å². The summed E-state index contributed by atoms with van der Waals surface area (Å²) in [5.41, 5.74) is 6.62. The van der Waals surface area contributed by atoms with Gasteiger partial charge in [0.25, 0.3) is 0 Å². The number of fused-ring (bicyclic) bond motifs is 3. The first kappa shape index (κ1) is 30.0. The Bertz CT molecular complexity index is 1700. The van der Waals surface area contributed by atoms with Gasteiger partial charge < -0.3 is 9.97 Å². The second kappa shape index (κ2) is 12.7. The molecule has 5 heteroatoms. The number of nitrogens with zero attached hydrogens (tertiary/aromatic N) is 2. The van der Waals surface area contributed by atoms with Gasteiger partial charge in [0.05, 0.1) is 8.07 Å². The SMILES string of the molecule is CC(C)c1ccc(-c2[c-]ccc3c2sc2cccc([Si](C)(C)C)c23)nc1.Cc1ccc(-c2[c-]cccc2)nc1.[Ir]. The Kier molecular flexibility index (Phi) is 9.53. The Balaban J connectivity index is 0.000000223. The minimum absolute atomic E-state index is 0. The van der Waals surface area contributed by atoms with Crippen molar-refractivity contribution < 1.29 is 20.1 Å². The van der Waals surface area contributed by atoms with Gasteiger partial charge in [-0.3, -0.25) is 0 Å². The standard InChI is InChI=1S/C23H24NSSi.C12H10N.Ir/c1-15(2)16-12-13-19(24-14-16)17-8-6-9-18-22-20(25-23(17)18)10-7-11-21(22)26(3,4)5;1-10-7-8-12(13-9-10)11-5-3-2-4-6-11;/h6-7,9-15H,1-5H3;2-5,7-9H,1H3;/q2*-1;. The van der Waals surface area contributed by atoms with Gasteiger partial charge in [-0.15, -0.1) is 59.7 Å². The third kappa shape index (κ3) is 6.50. The molecule has 0 spiro atoms. The van der Waals surface area contributed by atoms with Crippen molar-refractivity contribution in [1.29, 1.82) is 0 Å². The molecule has 0 fully saturated rings. The number of rotatable bonds is 4. The molecule has 0 atom stereocenters. The van der Waals surface area contributed by atoms with Gasteiger partial charge in [-0.2, -0.15) is 11.3 Å². The summed E-state index contributed by atoms with van der Waals surface area (Å²) in [5, 5.41) is 4.34. The third-order valence-corrected chi connectivity index (χ3v) is 10.1. The molecule has 0 bridgehead atoms. The molecule has 3 aromatic heterocycles. The molecule has 0 aliphatic rings. The van der Waals surface area contributed by atoms with Gasteiger partial charge in [0.1, 0.15) is 0 Å². The number of aryl methyl sites for hydroxylation is 1. The zero-order valence-electron chi connectivity index (χ0n) is 23.9. The average molecular weight is 735 g/mol. The van der Waals surface area contributed by atoms with E-state index in [4.69, 9.17) is 4.98 Å². The van der Waals surface area contributed by atoms with Crippen LogP contribution in [0.5, 0.6) is 0 Å². The summed E-state index contributed by atoms with van der Waals surface area (Å²) >= 11 is 1.87. The Hall–Kier alpha value is -2.95. The molecule has 3 aromatic carbocycles. The number of pyridine rings is 2. The molecule has 0 aliphatic carbocycles. The molecule has 1 radical (unpaired) electrons. The normalized spacial score (nSPS) is 11.3. The molecule has 0 amide bonds. The maximum absolute atomic E-state index is 4.75. The van der Waals surface area contributed by atoms with Gasteiger partial charge in [-0.25, -0.2) is 0 Å². The first-order valence-electron chi connectivity index (χ1n) is 13.4. The number of hydrogen-bond acceptors (Lipinski definition) is 3. The molecule has 0 saturated heterocycles. The summed E-state index contributed by atoms with van der Waals surface area (Å²) < 4.78 is 2.68. The predicted octanol–water partition coefficient (Wildman–Crippen LogP) is 9.44. The number of thiophene rings is 1. The summed E-state index contributed by atoms with van der Waals surface area (Å²) in [6.07, 6.45) is 3.88. The van der Waals surface area contributed by atoms with Crippen LogP contribution in [0.4, 0.5) is 0 Å². The van der Waals surface area contributed by atoms with Crippen LogP contribution < -0.4 is 5.19 Å². The molecule has 205 valence electrons. The van der Waals surface area contributed by atoms with Crippen LogP contribution in [0.1, 0.15) is 30.9 Å². The molecular formula is C35H34IrN2SSi-2. The molecular weight excluding hydrogens is 701 g/mol. The van der Waals surface area contributed by atoms with E-state index in [-0.39, 0.29) is 20.1 Å². The number of hydrogen-bond donors (Lipinski definition) is 0. The minimum atomic E-state index is -1.41. The van der Waals surface area contributed by atoms with E-state index in [1.54, 1.807) is 5.19 Å². The summed E-state index contributed by atoms with van der Waals surface area (Å²) in [7, 11) is -1.41. The molecule has 0 saturated carbocycles. The maximum Gasteiger partial charge on any atom is 0.0783 e. The first-order valence-corrected chi connectivity index (χ1v) is 17.8. The van der Waals surface area contributed by atoms with Crippen LogP contribution in [-0.2, 0) is 20.1 Å². The second-order valence-corrected chi connectivity index (χ2v) is 17.3. The molecule has 6 aromatic rings. The Morgan fingerprint density at radius 2 is 1.55 bits per heavy atom. The Labute approximate surface area is 256 Å². The van der Waals surface area contributed by atoms with Crippen LogP contribution in [0.25, 0.3) is 42.7 Å². The van der Waals surface area contributed by atoms with Gasteiger partial charge in [-0.05, 0) is 51.5 Å². The van der Waals surface area contributed by atoms with Crippen LogP contribution in [0.3, 0.4) is 0 Å². The largest absolute Gasteiger partial charge is 0.304 e. The number of aromatic nitrogens is 2. The fourth-order valence-electron chi connectivity index (χ4n) is 4.68. The van der Waals surface area contributed by atoms with E-state index in [1.807, 2.05) is 61.0 Å². The van der Waals surface area contributed by atoms with E-state index in [9.17, 15) is 0 Å². The molecule has 2 nitrogen and oxygen atoms in total. The first-order chi connectivity index (χ1) is 18.7. The Morgan fingerprint density at radius 1 is 0.775 bits per heavy atom. The van der Waals surface area contributed by atoms with Gasteiger partial charge >= 0.3 is 0 Å². The minimum Gasteiger partial charge on any atom is -0.304 e. The van der Waals surface area contributed by atoms with Crippen molar-refractivity contribution in [3.63, 3.8) is 0 Å². The van der Waals surface area contributed by atoms with Crippen LogP contribution in [-0.4, -0.2) is 18.0 Å². The summed E-state index contributed by atoms with van der Waals surface area (Å²) in [5.74, 6) is 0.500. The molecule has 3 heterocycles. The van der Waals surface area contributed by atoms with E-state index in [2.05, 4.69) is 99.1 Å². The van der Waals surface area contributed by atoms with E-state index >= 15 is 0 Å². The van der Waals surface area contributed by atoms with Gasteiger partial charge in [-0.1, -0.05) is 80.5 Å². The van der Waals surface area contributed by atoms with E-state index < -0.39 is 8.07 Å². The maximum atomic E-state index is 4.75. The van der Waals surface area contributed by atoms with Crippen molar-refractivity contribution in [2.45, 2.75) is 46.3 Å². The topological polar surface area (TPSA) is 25.8 Å². The van der Waals surface area contributed by atoms with Crippen LogP contribution >= 0.6 is 11.3 Å². The molecule has 0 N–H and O–H groups in total. The van der Waals surface area contributed by atoms with Gasteiger partial charge in [0.15, 0.2) is 0 Å². The summed E-state index contributed by atoms with van der Waals surface area (Å²) in [6, 6.07) is 33.9. The monoisotopic (exact) mass is 735 g/mol. The zero-order valence-corrected chi connectivity index (χ0v) is 28.1. The average Bonchev–Trinajstić information content (AvgIpc) is 3.33. The van der Waals surface area contributed by atoms with Crippen molar-refractivity contribution in [3.05, 3.63) is 115 Å². The molecule has 0 unspecified atom stereocenters. The van der Waals surface area contributed by atoms with Crippen molar-refractivity contribution in [2.24, 2.45) is 0 Å². The van der Waals surface area contributed by atoms with Crippen LogP contribution in [0.2, 0.25) is 19.6 Å².